The Morgan fingerprint density at radius 2 is 2.06 bits per heavy atom. The SMILES string of the molecule is CN(C)CCCOc1ncccc1N.Cl.Cl. The lowest BCUT2D eigenvalue weighted by molar-refractivity contribution is 0.274. The van der Waals surface area contributed by atoms with E-state index in [0.717, 1.165) is 13.0 Å². The number of anilines is 1. The molecule has 0 amide bonds. The Labute approximate surface area is 109 Å². The average molecular weight is 268 g/mol. The van der Waals surface area contributed by atoms with Crippen molar-refractivity contribution in [3.8, 4) is 5.88 Å². The minimum atomic E-state index is 0. The van der Waals surface area contributed by atoms with Crippen LogP contribution < -0.4 is 10.5 Å². The molecule has 0 unspecified atom stereocenters. The van der Waals surface area contributed by atoms with E-state index in [4.69, 9.17) is 10.5 Å². The lowest BCUT2D eigenvalue weighted by Gasteiger charge is -2.10. The summed E-state index contributed by atoms with van der Waals surface area (Å²) in [5.74, 6) is 0.534. The molecular weight excluding hydrogens is 249 g/mol. The summed E-state index contributed by atoms with van der Waals surface area (Å²) in [7, 11) is 4.07. The van der Waals surface area contributed by atoms with Crippen LogP contribution in [-0.2, 0) is 0 Å². The number of nitrogens with two attached hydrogens (primary N) is 1. The summed E-state index contributed by atoms with van der Waals surface area (Å²) in [6, 6.07) is 3.58. The summed E-state index contributed by atoms with van der Waals surface area (Å²) >= 11 is 0. The first kappa shape index (κ1) is 17.7. The normalized spacial score (nSPS) is 9.19. The van der Waals surface area contributed by atoms with E-state index in [1.54, 1.807) is 18.3 Å². The second-order valence-corrected chi connectivity index (χ2v) is 3.40. The zero-order valence-electron chi connectivity index (χ0n) is 9.55. The van der Waals surface area contributed by atoms with E-state index >= 15 is 0 Å². The van der Waals surface area contributed by atoms with Crippen molar-refractivity contribution in [2.24, 2.45) is 0 Å². The molecular formula is C10H19Cl2N3O. The van der Waals surface area contributed by atoms with Gasteiger partial charge in [-0.05, 0) is 32.6 Å². The maximum absolute atomic E-state index is 5.66. The van der Waals surface area contributed by atoms with Crippen LogP contribution >= 0.6 is 24.8 Å². The molecule has 6 heteroatoms. The van der Waals surface area contributed by atoms with Gasteiger partial charge in [0.1, 0.15) is 0 Å². The number of ether oxygens (including phenoxy) is 1. The maximum atomic E-state index is 5.66. The predicted octanol–water partition coefficient (Wildman–Crippen LogP) is 1.84. The van der Waals surface area contributed by atoms with Crippen molar-refractivity contribution in [1.82, 2.24) is 9.88 Å². The fourth-order valence-electron chi connectivity index (χ4n) is 1.07. The highest BCUT2D eigenvalue weighted by Gasteiger charge is 1.99. The van der Waals surface area contributed by atoms with Crippen molar-refractivity contribution < 1.29 is 4.74 Å². The molecule has 0 radical (unpaired) electrons. The Morgan fingerprint density at radius 3 is 2.62 bits per heavy atom. The van der Waals surface area contributed by atoms with Crippen LogP contribution in [0.15, 0.2) is 18.3 Å². The van der Waals surface area contributed by atoms with Crippen LogP contribution in [0.1, 0.15) is 6.42 Å². The van der Waals surface area contributed by atoms with Crippen LogP contribution in [0.2, 0.25) is 0 Å². The van der Waals surface area contributed by atoms with E-state index in [1.807, 2.05) is 14.1 Å². The molecule has 0 aliphatic heterocycles. The van der Waals surface area contributed by atoms with E-state index < -0.39 is 0 Å². The monoisotopic (exact) mass is 267 g/mol. The molecule has 0 saturated heterocycles. The van der Waals surface area contributed by atoms with Crippen LogP contribution in [0, 0.1) is 0 Å². The van der Waals surface area contributed by atoms with Crippen molar-refractivity contribution in [2.45, 2.75) is 6.42 Å². The molecule has 1 rings (SSSR count). The molecule has 0 atom stereocenters. The van der Waals surface area contributed by atoms with Gasteiger partial charge in [0.2, 0.25) is 5.88 Å². The van der Waals surface area contributed by atoms with Gasteiger partial charge in [-0.3, -0.25) is 0 Å². The number of nitrogens with zero attached hydrogens (tertiary/aromatic N) is 2. The second kappa shape index (κ2) is 9.51. The van der Waals surface area contributed by atoms with Gasteiger partial charge in [0.15, 0.2) is 0 Å². The summed E-state index contributed by atoms with van der Waals surface area (Å²) in [6.45, 7) is 1.66. The first-order chi connectivity index (χ1) is 6.70. The van der Waals surface area contributed by atoms with Gasteiger partial charge in [0.25, 0.3) is 0 Å². The largest absolute Gasteiger partial charge is 0.476 e. The highest BCUT2D eigenvalue weighted by atomic mass is 35.5. The fraction of sp³-hybridized carbons (Fsp3) is 0.500. The van der Waals surface area contributed by atoms with Crippen molar-refractivity contribution >= 4 is 30.5 Å². The average Bonchev–Trinajstić information content (AvgIpc) is 2.15. The highest BCUT2D eigenvalue weighted by Crippen LogP contribution is 2.15. The minimum Gasteiger partial charge on any atom is -0.476 e. The van der Waals surface area contributed by atoms with E-state index in [-0.39, 0.29) is 24.8 Å². The summed E-state index contributed by atoms with van der Waals surface area (Å²) in [4.78, 5) is 6.15. The van der Waals surface area contributed by atoms with Gasteiger partial charge < -0.3 is 15.4 Å². The Morgan fingerprint density at radius 1 is 1.38 bits per heavy atom. The third kappa shape index (κ3) is 6.71. The standard InChI is InChI=1S/C10H17N3O.2ClH/c1-13(2)7-4-8-14-10-9(11)5-3-6-12-10;;/h3,5-6H,4,7-8,11H2,1-2H3;2*1H. The zero-order chi connectivity index (χ0) is 10.4. The van der Waals surface area contributed by atoms with Gasteiger partial charge >= 0.3 is 0 Å². The first-order valence-corrected chi connectivity index (χ1v) is 4.68. The molecule has 0 spiro atoms. The van der Waals surface area contributed by atoms with E-state index in [0.29, 0.717) is 18.2 Å². The van der Waals surface area contributed by atoms with E-state index in [2.05, 4.69) is 9.88 Å². The van der Waals surface area contributed by atoms with Crippen molar-refractivity contribution in [2.75, 3.05) is 33.0 Å². The molecule has 1 aromatic heterocycles. The van der Waals surface area contributed by atoms with Crippen molar-refractivity contribution in [3.63, 3.8) is 0 Å². The van der Waals surface area contributed by atoms with Crippen molar-refractivity contribution in [3.05, 3.63) is 18.3 Å². The summed E-state index contributed by atoms with van der Waals surface area (Å²) < 4.78 is 5.42. The van der Waals surface area contributed by atoms with Crippen LogP contribution in [-0.4, -0.2) is 37.1 Å². The highest BCUT2D eigenvalue weighted by molar-refractivity contribution is 5.85. The van der Waals surface area contributed by atoms with E-state index in [1.165, 1.54) is 0 Å². The van der Waals surface area contributed by atoms with Gasteiger partial charge in [-0.25, -0.2) is 4.98 Å². The molecule has 0 saturated carbocycles. The molecule has 16 heavy (non-hydrogen) atoms. The summed E-state index contributed by atoms with van der Waals surface area (Å²) in [5.41, 5.74) is 6.26. The van der Waals surface area contributed by atoms with Gasteiger partial charge in [-0.2, -0.15) is 0 Å². The van der Waals surface area contributed by atoms with Crippen LogP contribution in [0.5, 0.6) is 5.88 Å². The molecule has 0 fully saturated rings. The number of pyridine rings is 1. The molecule has 94 valence electrons. The number of halogens is 2. The smallest absolute Gasteiger partial charge is 0.237 e. The van der Waals surface area contributed by atoms with Crippen LogP contribution in [0.25, 0.3) is 0 Å². The molecule has 0 aliphatic rings. The lowest BCUT2D eigenvalue weighted by Crippen LogP contribution is -2.15. The van der Waals surface area contributed by atoms with Gasteiger partial charge in [-0.1, -0.05) is 0 Å². The molecule has 4 nitrogen and oxygen atoms in total. The topological polar surface area (TPSA) is 51.4 Å². The number of rotatable bonds is 5. The summed E-state index contributed by atoms with van der Waals surface area (Å²) in [6.07, 6.45) is 2.65. The molecule has 2 N–H and O–H groups in total. The lowest BCUT2D eigenvalue weighted by atomic mass is 10.4. The predicted molar refractivity (Wildman–Crippen MR) is 71.8 cm³/mol. The molecule has 1 heterocycles. The van der Waals surface area contributed by atoms with Crippen LogP contribution in [0.4, 0.5) is 5.69 Å². The number of hydrogen-bond acceptors (Lipinski definition) is 4. The third-order valence-electron chi connectivity index (χ3n) is 1.79. The Kier molecular flexibility index (Phi) is 10.5. The number of nitrogen functional groups attached to an aromatic ring is 1. The summed E-state index contributed by atoms with van der Waals surface area (Å²) in [5, 5.41) is 0. The molecule has 0 bridgehead atoms. The number of aromatic nitrogens is 1. The van der Waals surface area contributed by atoms with Crippen molar-refractivity contribution in [1.29, 1.82) is 0 Å². The minimum absolute atomic E-state index is 0. The quantitative estimate of drug-likeness (QED) is 0.828. The molecule has 0 aromatic carbocycles. The van der Waals surface area contributed by atoms with Crippen LogP contribution in [0.3, 0.4) is 0 Å². The third-order valence-corrected chi connectivity index (χ3v) is 1.79. The fourth-order valence-corrected chi connectivity index (χ4v) is 1.07. The van der Waals surface area contributed by atoms with Gasteiger partial charge in [0.05, 0.1) is 12.3 Å². The Hall–Kier alpha value is -0.710. The Balaban J connectivity index is 0. The maximum Gasteiger partial charge on any atom is 0.237 e. The first-order valence-electron chi connectivity index (χ1n) is 4.68. The number of hydrogen-bond donors (Lipinski definition) is 1. The van der Waals surface area contributed by atoms with E-state index in [9.17, 15) is 0 Å². The van der Waals surface area contributed by atoms with Gasteiger partial charge in [0, 0.05) is 12.7 Å². The van der Waals surface area contributed by atoms with Gasteiger partial charge in [-0.15, -0.1) is 24.8 Å². The molecule has 1 aromatic rings. The Bertz CT molecular complexity index is 285. The zero-order valence-corrected chi connectivity index (χ0v) is 11.2. The second-order valence-electron chi connectivity index (χ2n) is 3.40. The molecule has 0 aliphatic carbocycles.